The number of hydrogen-bond acceptors (Lipinski definition) is 1. The molecule has 1 aliphatic carbocycles. The zero-order valence-corrected chi connectivity index (χ0v) is 9.24. The van der Waals surface area contributed by atoms with Gasteiger partial charge in [-0.1, -0.05) is 26.0 Å². The molecule has 1 fully saturated rings. The summed E-state index contributed by atoms with van der Waals surface area (Å²) >= 11 is 0. The fourth-order valence-electron chi connectivity index (χ4n) is 1.97. The average molecular weight is 208 g/mol. The van der Waals surface area contributed by atoms with Crippen LogP contribution in [-0.4, -0.2) is 6.10 Å². The Labute approximate surface area is 90.3 Å². The Morgan fingerprint density at radius 1 is 1.27 bits per heavy atom. The second-order valence-corrected chi connectivity index (χ2v) is 4.65. The normalized spacial score (nSPS) is 25.1. The van der Waals surface area contributed by atoms with Crippen LogP contribution in [0.4, 0.5) is 4.39 Å². The second-order valence-electron chi connectivity index (χ2n) is 4.65. The predicted molar refractivity (Wildman–Crippen MR) is 58.4 cm³/mol. The predicted octanol–water partition coefficient (Wildman–Crippen LogP) is 3.64. The molecule has 0 heterocycles. The molecule has 0 atom stereocenters. The summed E-state index contributed by atoms with van der Waals surface area (Å²) in [5, 5.41) is 0. The largest absolute Gasteiger partial charge is 0.487 e. The van der Waals surface area contributed by atoms with Gasteiger partial charge in [-0.25, -0.2) is 4.39 Å². The summed E-state index contributed by atoms with van der Waals surface area (Å²) in [4.78, 5) is 0. The van der Waals surface area contributed by atoms with Crippen molar-refractivity contribution in [3.8, 4) is 5.75 Å². The van der Waals surface area contributed by atoms with Crippen molar-refractivity contribution in [1.29, 1.82) is 0 Å². The van der Waals surface area contributed by atoms with Gasteiger partial charge < -0.3 is 4.74 Å². The molecule has 0 bridgehead atoms. The van der Waals surface area contributed by atoms with E-state index in [-0.39, 0.29) is 11.9 Å². The van der Waals surface area contributed by atoms with Crippen LogP contribution in [0.2, 0.25) is 0 Å². The van der Waals surface area contributed by atoms with Gasteiger partial charge >= 0.3 is 0 Å². The Morgan fingerprint density at radius 3 is 2.53 bits per heavy atom. The summed E-state index contributed by atoms with van der Waals surface area (Å²) in [6.07, 6.45) is 2.34. The Bertz CT molecular complexity index is 329. The molecular weight excluding hydrogens is 191 g/mol. The second kappa shape index (κ2) is 4.21. The summed E-state index contributed by atoms with van der Waals surface area (Å²) in [6, 6.07) is 6.61. The van der Waals surface area contributed by atoms with E-state index in [0.717, 1.165) is 18.8 Å². The van der Waals surface area contributed by atoms with Crippen LogP contribution in [0.5, 0.6) is 5.75 Å². The molecule has 2 rings (SSSR count). The number of rotatable bonds is 3. The van der Waals surface area contributed by atoms with E-state index < -0.39 is 0 Å². The molecule has 0 unspecified atom stereocenters. The number of halogens is 1. The molecule has 0 spiro atoms. The number of ether oxygens (including phenoxy) is 1. The van der Waals surface area contributed by atoms with Gasteiger partial charge in [-0.15, -0.1) is 0 Å². The molecule has 1 aromatic carbocycles. The standard InChI is InChI=1S/C13H17FO/c1-9(2)10-7-11(8-10)15-13-6-4-3-5-12(13)14/h3-6,9-11H,7-8H2,1-2H3/t10-,11-. The third kappa shape index (κ3) is 2.31. The van der Waals surface area contributed by atoms with Crippen LogP contribution in [0.3, 0.4) is 0 Å². The topological polar surface area (TPSA) is 9.23 Å². The molecule has 2 heteroatoms. The minimum absolute atomic E-state index is 0.217. The molecule has 1 aliphatic rings. The number of hydrogen-bond donors (Lipinski definition) is 0. The number of benzene rings is 1. The van der Waals surface area contributed by atoms with Gasteiger partial charge in [-0.05, 0) is 36.8 Å². The summed E-state index contributed by atoms with van der Waals surface area (Å²) < 4.78 is 18.8. The van der Waals surface area contributed by atoms with E-state index >= 15 is 0 Å². The van der Waals surface area contributed by atoms with Crippen LogP contribution < -0.4 is 4.74 Å². The van der Waals surface area contributed by atoms with E-state index in [1.165, 1.54) is 6.07 Å². The maximum Gasteiger partial charge on any atom is 0.165 e. The van der Waals surface area contributed by atoms with Gasteiger partial charge in [0.15, 0.2) is 11.6 Å². The van der Waals surface area contributed by atoms with Crippen molar-refractivity contribution in [3.05, 3.63) is 30.1 Å². The zero-order chi connectivity index (χ0) is 10.8. The fourth-order valence-corrected chi connectivity index (χ4v) is 1.97. The highest BCUT2D eigenvalue weighted by Gasteiger charge is 2.33. The average Bonchev–Trinajstić information content (AvgIpc) is 2.12. The molecule has 15 heavy (non-hydrogen) atoms. The Hall–Kier alpha value is -1.05. The van der Waals surface area contributed by atoms with Crippen molar-refractivity contribution in [3.63, 3.8) is 0 Å². The summed E-state index contributed by atoms with van der Waals surface area (Å²) in [7, 11) is 0. The molecule has 0 amide bonds. The van der Waals surface area contributed by atoms with E-state index in [9.17, 15) is 4.39 Å². The van der Waals surface area contributed by atoms with E-state index in [2.05, 4.69) is 13.8 Å². The van der Waals surface area contributed by atoms with Crippen molar-refractivity contribution >= 4 is 0 Å². The molecule has 0 aliphatic heterocycles. The molecule has 0 saturated heterocycles. The minimum Gasteiger partial charge on any atom is -0.487 e. The van der Waals surface area contributed by atoms with E-state index in [0.29, 0.717) is 11.7 Å². The van der Waals surface area contributed by atoms with Gasteiger partial charge in [-0.3, -0.25) is 0 Å². The first-order chi connectivity index (χ1) is 7.16. The van der Waals surface area contributed by atoms with Crippen molar-refractivity contribution < 1.29 is 9.13 Å². The highest BCUT2D eigenvalue weighted by atomic mass is 19.1. The first-order valence-electron chi connectivity index (χ1n) is 5.58. The zero-order valence-electron chi connectivity index (χ0n) is 9.24. The number of para-hydroxylation sites is 1. The third-order valence-corrected chi connectivity index (χ3v) is 3.20. The summed E-state index contributed by atoms with van der Waals surface area (Å²) in [6.45, 7) is 4.45. The molecule has 1 nitrogen and oxygen atoms in total. The van der Waals surface area contributed by atoms with Crippen molar-refractivity contribution in [2.45, 2.75) is 32.8 Å². The van der Waals surface area contributed by atoms with Gasteiger partial charge in [0.25, 0.3) is 0 Å². The quantitative estimate of drug-likeness (QED) is 0.737. The third-order valence-electron chi connectivity index (χ3n) is 3.20. The lowest BCUT2D eigenvalue weighted by Gasteiger charge is -2.37. The monoisotopic (exact) mass is 208 g/mol. The Morgan fingerprint density at radius 2 is 1.93 bits per heavy atom. The molecule has 0 radical (unpaired) electrons. The lowest BCUT2D eigenvalue weighted by Crippen LogP contribution is -2.36. The SMILES string of the molecule is CC(C)[C@H]1C[C@H](Oc2ccccc2F)C1. The molecule has 82 valence electrons. The van der Waals surface area contributed by atoms with Crippen molar-refractivity contribution in [1.82, 2.24) is 0 Å². The smallest absolute Gasteiger partial charge is 0.165 e. The highest BCUT2D eigenvalue weighted by Crippen LogP contribution is 2.36. The van der Waals surface area contributed by atoms with Gasteiger partial charge in [0, 0.05) is 0 Å². The summed E-state index contributed by atoms with van der Waals surface area (Å²) in [5.74, 6) is 1.60. The van der Waals surface area contributed by atoms with Crippen LogP contribution in [0.15, 0.2) is 24.3 Å². The minimum atomic E-state index is -0.259. The maximum atomic E-state index is 13.2. The fraction of sp³-hybridized carbons (Fsp3) is 0.538. The Kier molecular flexibility index (Phi) is 2.94. The first kappa shape index (κ1) is 10.5. The van der Waals surface area contributed by atoms with Gasteiger partial charge in [0.1, 0.15) is 0 Å². The molecular formula is C13H17FO. The van der Waals surface area contributed by atoms with Crippen LogP contribution >= 0.6 is 0 Å². The van der Waals surface area contributed by atoms with Gasteiger partial charge in [-0.2, -0.15) is 0 Å². The van der Waals surface area contributed by atoms with E-state index in [4.69, 9.17) is 4.74 Å². The van der Waals surface area contributed by atoms with Crippen LogP contribution in [0, 0.1) is 17.7 Å². The Balaban J connectivity index is 1.88. The lowest BCUT2D eigenvalue weighted by molar-refractivity contribution is 0.0388. The van der Waals surface area contributed by atoms with E-state index in [1.807, 2.05) is 0 Å². The van der Waals surface area contributed by atoms with Crippen LogP contribution in [0.1, 0.15) is 26.7 Å². The molecule has 0 N–H and O–H groups in total. The van der Waals surface area contributed by atoms with Crippen molar-refractivity contribution in [2.75, 3.05) is 0 Å². The van der Waals surface area contributed by atoms with Crippen LogP contribution in [-0.2, 0) is 0 Å². The van der Waals surface area contributed by atoms with Crippen molar-refractivity contribution in [2.24, 2.45) is 11.8 Å². The van der Waals surface area contributed by atoms with Gasteiger partial charge in [0.05, 0.1) is 6.10 Å². The molecule has 0 aromatic heterocycles. The maximum absolute atomic E-state index is 13.2. The summed E-state index contributed by atoms with van der Waals surface area (Å²) in [5.41, 5.74) is 0. The van der Waals surface area contributed by atoms with Crippen LogP contribution in [0.25, 0.3) is 0 Å². The first-order valence-corrected chi connectivity index (χ1v) is 5.58. The lowest BCUT2D eigenvalue weighted by atomic mass is 9.75. The molecule has 1 aromatic rings. The van der Waals surface area contributed by atoms with Gasteiger partial charge in [0.2, 0.25) is 0 Å². The molecule has 1 saturated carbocycles. The highest BCUT2D eigenvalue weighted by molar-refractivity contribution is 5.24. The van der Waals surface area contributed by atoms with E-state index in [1.54, 1.807) is 18.2 Å².